The van der Waals surface area contributed by atoms with Crippen molar-refractivity contribution in [2.24, 2.45) is 0 Å². The van der Waals surface area contributed by atoms with Gasteiger partial charge in [0.05, 0.1) is 46.8 Å². The number of nitriles is 1. The van der Waals surface area contributed by atoms with Crippen LogP contribution in [0, 0.1) is 18.3 Å². The van der Waals surface area contributed by atoms with Crippen LogP contribution < -0.4 is 5.69 Å². The van der Waals surface area contributed by atoms with Crippen LogP contribution in [-0.4, -0.2) is 33.0 Å². The fourth-order valence-electron chi connectivity index (χ4n) is 3.63. The third-order valence-electron chi connectivity index (χ3n) is 5.03. The van der Waals surface area contributed by atoms with Crippen molar-refractivity contribution in [1.82, 2.24) is 18.3 Å². The molecule has 32 heavy (non-hydrogen) atoms. The van der Waals surface area contributed by atoms with Crippen molar-refractivity contribution in [3.63, 3.8) is 0 Å². The van der Waals surface area contributed by atoms with E-state index in [1.807, 2.05) is 6.07 Å². The summed E-state index contributed by atoms with van der Waals surface area (Å²) in [5, 5.41) is 13.3. The molecular weight excluding hydrogens is 433 g/mol. The van der Waals surface area contributed by atoms with Crippen LogP contribution in [0.2, 0.25) is 0 Å². The van der Waals surface area contributed by atoms with Gasteiger partial charge in [-0.25, -0.2) is 22.3 Å². The van der Waals surface area contributed by atoms with Gasteiger partial charge >= 0.3 is 5.69 Å². The molecule has 0 aliphatic carbocycles. The van der Waals surface area contributed by atoms with E-state index < -0.39 is 22.4 Å². The second kappa shape index (κ2) is 7.94. The number of rotatable bonds is 5. The van der Waals surface area contributed by atoms with E-state index in [1.165, 1.54) is 21.5 Å². The van der Waals surface area contributed by atoms with Gasteiger partial charge in [-0.1, -0.05) is 12.1 Å². The lowest BCUT2D eigenvalue weighted by Crippen LogP contribution is -2.29. The predicted octanol–water partition coefficient (Wildman–Crippen LogP) is 2.95. The van der Waals surface area contributed by atoms with Crippen molar-refractivity contribution in [3.05, 3.63) is 88.1 Å². The normalized spacial score (nSPS) is 11.4. The fourth-order valence-corrected chi connectivity index (χ4v) is 4.55. The minimum absolute atomic E-state index is 0.144. The van der Waals surface area contributed by atoms with Gasteiger partial charge in [-0.05, 0) is 55.0 Å². The zero-order valence-electron chi connectivity index (χ0n) is 17.2. The Bertz CT molecular complexity index is 1520. The highest BCUT2D eigenvalue weighted by Crippen LogP contribution is 2.28. The molecule has 0 amide bonds. The summed E-state index contributed by atoms with van der Waals surface area (Å²) in [4.78, 5) is 13.3. The summed E-state index contributed by atoms with van der Waals surface area (Å²) >= 11 is 0. The largest absolute Gasteiger partial charge is 0.347 e. The Morgan fingerprint density at radius 2 is 1.81 bits per heavy atom. The number of imidazole rings is 1. The Hall–Kier alpha value is -3.97. The molecule has 162 valence electrons. The van der Waals surface area contributed by atoms with Gasteiger partial charge in [0, 0.05) is 0 Å². The molecule has 4 rings (SSSR count). The van der Waals surface area contributed by atoms with E-state index in [4.69, 9.17) is 5.26 Å². The van der Waals surface area contributed by atoms with E-state index in [0.717, 1.165) is 10.2 Å². The molecule has 0 saturated carbocycles. The topological polar surface area (TPSA) is 103 Å². The Balaban J connectivity index is 2.02. The molecule has 2 aromatic carbocycles. The summed E-state index contributed by atoms with van der Waals surface area (Å²) in [5.41, 5.74) is 1.85. The molecule has 4 aromatic rings. The monoisotopic (exact) mass is 451 g/mol. The Morgan fingerprint density at radius 3 is 2.44 bits per heavy atom. The second-order valence-corrected chi connectivity index (χ2v) is 9.00. The zero-order chi connectivity index (χ0) is 23.0. The molecule has 0 fully saturated rings. The summed E-state index contributed by atoms with van der Waals surface area (Å²) < 4.78 is 41.9. The maximum Gasteiger partial charge on any atom is 0.347 e. The average molecular weight is 451 g/mol. The molecule has 2 heterocycles. The number of benzene rings is 2. The number of alkyl halides is 1. The van der Waals surface area contributed by atoms with Crippen LogP contribution in [-0.2, 0) is 16.7 Å². The standard InChI is InChI=1S/C22H18FN5O3S/c1-15-21(20-10-11-25-27(20)18-8-6-16(14-24)7-9-18)28(32(2,30)31)22(29)26(15)19-5-3-4-17(12-19)13-23/h3-12H,13H2,1-2H3. The number of aromatic nitrogens is 4. The lowest BCUT2D eigenvalue weighted by molar-refractivity contribution is 0.485. The molecule has 0 saturated heterocycles. The van der Waals surface area contributed by atoms with E-state index in [-0.39, 0.29) is 5.69 Å². The molecular formula is C22H18FN5O3S. The second-order valence-electron chi connectivity index (χ2n) is 7.17. The highest BCUT2D eigenvalue weighted by molar-refractivity contribution is 7.89. The molecule has 8 nitrogen and oxygen atoms in total. The Morgan fingerprint density at radius 1 is 1.09 bits per heavy atom. The maximum absolute atomic E-state index is 13.3. The quantitative estimate of drug-likeness (QED) is 0.464. The third-order valence-corrected chi connectivity index (χ3v) is 6.03. The molecule has 0 radical (unpaired) electrons. The number of nitrogens with zero attached hydrogens (tertiary/aromatic N) is 5. The van der Waals surface area contributed by atoms with Gasteiger partial charge in [-0.3, -0.25) is 4.57 Å². The molecule has 0 aliphatic heterocycles. The predicted molar refractivity (Wildman–Crippen MR) is 117 cm³/mol. The third kappa shape index (κ3) is 3.52. The van der Waals surface area contributed by atoms with Crippen LogP contribution in [0.25, 0.3) is 22.8 Å². The average Bonchev–Trinajstić information content (AvgIpc) is 3.35. The number of halogens is 1. The molecule has 0 spiro atoms. The first kappa shape index (κ1) is 21.3. The van der Waals surface area contributed by atoms with Crippen LogP contribution >= 0.6 is 0 Å². The Kier molecular flexibility index (Phi) is 5.28. The minimum atomic E-state index is -4.00. The summed E-state index contributed by atoms with van der Waals surface area (Å²) in [5.74, 6) is 0. The number of hydrogen-bond acceptors (Lipinski definition) is 5. The van der Waals surface area contributed by atoms with Gasteiger partial charge in [0.1, 0.15) is 12.4 Å². The highest BCUT2D eigenvalue weighted by atomic mass is 32.2. The molecule has 0 bridgehead atoms. The molecule has 0 atom stereocenters. The minimum Gasteiger partial charge on any atom is -0.264 e. The smallest absolute Gasteiger partial charge is 0.264 e. The maximum atomic E-state index is 13.3. The zero-order valence-corrected chi connectivity index (χ0v) is 18.0. The van der Waals surface area contributed by atoms with Crippen molar-refractivity contribution < 1.29 is 12.8 Å². The summed E-state index contributed by atoms with van der Waals surface area (Å²) in [6.45, 7) is 0.906. The number of hydrogen-bond donors (Lipinski definition) is 0. The molecule has 0 aliphatic rings. The molecule has 0 unspecified atom stereocenters. The van der Waals surface area contributed by atoms with Crippen LogP contribution in [0.5, 0.6) is 0 Å². The van der Waals surface area contributed by atoms with Gasteiger partial charge < -0.3 is 0 Å². The van der Waals surface area contributed by atoms with Crippen molar-refractivity contribution in [1.29, 1.82) is 5.26 Å². The van der Waals surface area contributed by atoms with E-state index in [1.54, 1.807) is 55.5 Å². The van der Waals surface area contributed by atoms with Crippen molar-refractivity contribution in [2.75, 3.05) is 6.26 Å². The van der Waals surface area contributed by atoms with Crippen LogP contribution in [0.4, 0.5) is 4.39 Å². The van der Waals surface area contributed by atoms with Crippen LogP contribution in [0.3, 0.4) is 0 Å². The Labute approximate surface area is 183 Å². The summed E-state index contributed by atoms with van der Waals surface area (Å²) in [7, 11) is -4.00. The van der Waals surface area contributed by atoms with Gasteiger partial charge in [0.15, 0.2) is 0 Å². The highest BCUT2D eigenvalue weighted by Gasteiger charge is 2.27. The van der Waals surface area contributed by atoms with Crippen molar-refractivity contribution in [3.8, 4) is 28.8 Å². The van der Waals surface area contributed by atoms with Gasteiger partial charge in [0.25, 0.3) is 0 Å². The van der Waals surface area contributed by atoms with Crippen molar-refractivity contribution in [2.45, 2.75) is 13.6 Å². The van der Waals surface area contributed by atoms with E-state index in [2.05, 4.69) is 5.10 Å². The first-order valence-electron chi connectivity index (χ1n) is 9.51. The lowest BCUT2D eigenvalue weighted by atomic mass is 10.2. The van der Waals surface area contributed by atoms with E-state index in [0.29, 0.717) is 33.9 Å². The first-order valence-corrected chi connectivity index (χ1v) is 11.4. The van der Waals surface area contributed by atoms with Gasteiger partial charge in [-0.15, -0.1) is 0 Å². The summed E-state index contributed by atoms with van der Waals surface area (Å²) in [6.07, 6.45) is 2.44. The first-order chi connectivity index (χ1) is 15.3. The summed E-state index contributed by atoms with van der Waals surface area (Å²) in [6, 6.07) is 16.5. The van der Waals surface area contributed by atoms with Crippen LogP contribution in [0.15, 0.2) is 65.6 Å². The van der Waals surface area contributed by atoms with Gasteiger partial charge in [-0.2, -0.15) is 14.3 Å². The molecule has 2 aromatic heterocycles. The van der Waals surface area contributed by atoms with Crippen molar-refractivity contribution >= 4 is 10.0 Å². The lowest BCUT2D eigenvalue weighted by Gasteiger charge is -2.10. The van der Waals surface area contributed by atoms with E-state index in [9.17, 15) is 17.6 Å². The van der Waals surface area contributed by atoms with Crippen LogP contribution in [0.1, 0.15) is 16.8 Å². The molecule has 0 N–H and O–H groups in total. The van der Waals surface area contributed by atoms with E-state index >= 15 is 0 Å². The fraction of sp³-hybridized carbons (Fsp3) is 0.136. The SMILES string of the molecule is Cc1c(-c2ccnn2-c2ccc(C#N)cc2)n(S(C)(=O)=O)c(=O)n1-c1cccc(CF)c1. The van der Waals surface area contributed by atoms with Gasteiger partial charge in [0.2, 0.25) is 10.0 Å². The molecule has 10 heteroatoms.